The Morgan fingerprint density at radius 2 is 2.35 bits per heavy atom. The third-order valence-electron chi connectivity index (χ3n) is 2.85. The number of hydrogen-bond donors (Lipinski definition) is 2. The summed E-state index contributed by atoms with van der Waals surface area (Å²) in [6.45, 7) is 2.07. The Balaban J connectivity index is 1.99. The highest BCUT2D eigenvalue weighted by atomic mass is 32.1. The molecule has 0 saturated heterocycles. The van der Waals surface area contributed by atoms with E-state index in [9.17, 15) is 4.79 Å². The van der Waals surface area contributed by atoms with Gasteiger partial charge in [-0.25, -0.2) is 4.98 Å². The van der Waals surface area contributed by atoms with Gasteiger partial charge in [0.2, 0.25) is 0 Å². The van der Waals surface area contributed by atoms with Crippen molar-refractivity contribution in [1.82, 2.24) is 20.1 Å². The van der Waals surface area contributed by atoms with Crippen molar-refractivity contribution < 1.29 is 9.90 Å². The molecule has 0 spiro atoms. The number of aromatic nitrogens is 3. The van der Waals surface area contributed by atoms with Gasteiger partial charge in [-0.3, -0.25) is 9.48 Å². The van der Waals surface area contributed by atoms with E-state index >= 15 is 0 Å². The van der Waals surface area contributed by atoms with Crippen LogP contribution in [0.2, 0.25) is 0 Å². The number of aryl methyl sites for hydroxylation is 1. The molecule has 2 heterocycles. The summed E-state index contributed by atoms with van der Waals surface area (Å²) >= 11 is 1.35. The predicted octanol–water partition coefficient (Wildman–Crippen LogP) is 1.43. The van der Waals surface area contributed by atoms with Crippen LogP contribution in [0.15, 0.2) is 18.6 Å². The monoisotopic (exact) mass is 294 g/mol. The van der Waals surface area contributed by atoms with Crippen molar-refractivity contribution in [3.63, 3.8) is 0 Å². The summed E-state index contributed by atoms with van der Waals surface area (Å²) < 4.78 is 1.70. The van der Waals surface area contributed by atoms with Gasteiger partial charge in [-0.2, -0.15) is 5.10 Å². The van der Waals surface area contributed by atoms with E-state index in [0.29, 0.717) is 11.3 Å². The van der Waals surface area contributed by atoms with E-state index in [-0.39, 0.29) is 18.6 Å². The van der Waals surface area contributed by atoms with Crippen molar-refractivity contribution in [2.75, 3.05) is 6.61 Å². The summed E-state index contributed by atoms with van der Waals surface area (Å²) in [7, 11) is 1.84. The van der Waals surface area contributed by atoms with Gasteiger partial charge in [-0.05, 0) is 19.8 Å². The van der Waals surface area contributed by atoms with Gasteiger partial charge in [0.05, 0.1) is 12.4 Å². The number of rotatable bonds is 6. The van der Waals surface area contributed by atoms with Crippen molar-refractivity contribution in [1.29, 1.82) is 0 Å². The molecule has 1 unspecified atom stereocenters. The van der Waals surface area contributed by atoms with Gasteiger partial charge in [0, 0.05) is 31.5 Å². The van der Waals surface area contributed by atoms with Gasteiger partial charge in [0.15, 0.2) is 0 Å². The fourth-order valence-electron chi connectivity index (χ4n) is 1.81. The van der Waals surface area contributed by atoms with Gasteiger partial charge < -0.3 is 10.4 Å². The highest BCUT2D eigenvalue weighted by Gasteiger charge is 2.14. The second kappa shape index (κ2) is 6.62. The first kappa shape index (κ1) is 14.7. The molecular formula is C13H18N4O2S. The number of carbonyl (C=O) groups is 1. The molecule has 2 aromatic rings. The lowest BCUT2D eigenvalue weighted by molar-refractivity contribution is 0.0940. The Labute approximate surface area is 121 Å². The Bertz CT molecular complexity index is 578. The van der Waals surface area contributed by atoms with Crippen LogP contribution in [-0.4, -0.2) is 38.4 Å². The molecule has 0 saturated carbocycles. The van der Waals surface area contributed by atoms with E-state index in [1.54, 1.807) is 17.1 Å². The standard InChI is InChI=1S/C13H18N4O2S/c1-9(4-3-5-18)16-12(19)11-7-14-13(20-11)10-6-15-17(2)8-10/h6-9,18H,3-5H2,1-2H3,(H,16,19). The summed E-state index contributed by atoms with van der Waals surface area (Å²) in [6.07, 6.45) is 6.62. The molecule has 6 nitrogen and oxygen atoms in total. The molecule has 7 heteroatoms. The van der Waals surface area contributed by atoms with Gasteiger partial charge >= 0.3 is 0 Å². The number of nitrogens with zero attached hydrogens (tertiary/aromatic N) is 3. The second-order valence-electron chi connectivity index (χ2n) is 4.67. The van der Waals surface area contributed by atoms with Gasteiger partial charge in [-0.15, -0.1) is 11.3 Å². The molecule has 1 atom stereocenters. The van der Waals surface area contributed by atoms with Crippen LogP contribution in [0.25, 0.3) is 10.6 Å². The number of amides is 1. The maximum absolute atomic E-state index is 12.0. The van der Waals surface area contributed by atoms with Gasteiger partial charge in [0.25, 0.3) is 5.91 Å². The average molecular weight is 294 g/mol. The third-order valence-corrected chi connectivity index (χ3v) is 3.90. The molecule has 2 N–H and O–H groups in total. The first-order valence-corrected chi connectivity index (χ1v) is 7.28. The lowest BCUT2D eigenvalue weighted by Crippen LogP contribution is -2.32. The molecule has 0 aromatic carbocycles. The third kappa shape index (κ3) is 3.64. The zero-order valence-electron chi connectivity index (χ0n) is 11.5. The quantitative estimate of drug-likeness (QED) is 0.844. The average Bonchev–Trinajstić information content (AvgIpc) is 3.04. The van der Waals surface area contributed by atoms with E-state index in [1.165, 1.54) is 11.3 Å². The summed E-state index contributed by atoms with van der Waals surface area (Å²) in [6, 6.07) is 0.0404. The largest absolute Gasteiger partial charge is 0.396 e. The molecule has 1 amide bonds. The molecule has 20 heavy (non-hydrogen) atoms. The molecule has 2 rings (SSSR count). The fourth-order valence-corrected chi connectivity index (χ4v) is 2.60. The van der Waals surface area contributed by atoms with Crippen LogP contribution in [0.1, 0.15) is 29.4 Å². The minimum absolute atomic E-state index is 0.0404. The first-order valence-electron chi connectivity index (χ1n) is 6.46. The molecule has 2 aromatic heterocycles. The molecule has 0 aliphatic rings. The van der Waals surface area contributed by atoms with Crippen molar-refractivity contribution in [2.45, 2.75) is 25.8 Å². The van der Waals surface area contributed by atoms with Crippen LogP contribution in [0, 0.1) is 0 Å². The number of aliphatic hydroxyl groups excluding tert-OH is 1. The van der Waals surface area contributed by atoms with Gasteiger partial charge in [-0.1, -0.05) is 0 Å². The van der Waals surface area contributed by atoms with Crippen LogP contribution in [0.5, 0.6) is 0 Å². The lowest BCUT2D eigenvalue weighted by Gasteiger charge is -2.11. The van der Waals surface area contributed by atoms with Crippen LogP contribution >= 0.6 is 11.3 Å². The normalized spacial score (nSPS) is 12.3. The zero-order valence-corrected chi connectivity index (χ0v) is 12.4. The molecule has 108 valence electrons. The zero-order chi connectivity index (χ0) is 14.5. The van der Waals surface area contributed by atoms with Crippen LogP contribution < -0.4 is 5.32 Å². The maximum atomic E-state index is 12.0. The molecular weight excluding hydrogens is 276 g/mol. The van der Waals surface area contributed by atoms with E-state index < -0.39 is 0 Å². The Morgan fingerprint density at radius 3 is 3.00 bits per heavy atom. The summed E-state index contributed by atoms with van der Waals surface area (Å²) in [5, 5.41) is 16.5. The van der Waals surface area contributed by atoms with E-state index in [0.717, 1.165) is 17.0 Å². The van der Waals surface area contributed by atoms with Crippen molar-refractivity contribution in [3.8, 4) is 10.6 Å². The number of thiazole rings is 1. The second-order valence-corrected chi connectivity index (χ2v) is 5.70. The minimum atomic E-state index is -0.122. The van der Waals surface area contributed by atoms with Crippen molar-refractivity contribution in [3.05, 3.63) is 23.5 Å². The highest BCUT2D eigenvalue weighted by Crippen LogP contribution is 2.24. The van der Waals surface area contributed by atoms with E-state index in [2.05, 4.69) is 15.4 Å². The predicted molar refractivity (Wildman–Crippen MR) is 77.6 cm³/mol. The minimum Gasteiger partial charge on any atom is -0.396 e. The van der Waals surface area contributed by atoms with Gasteiger partial charge in [0.1, 0.15) is 9.88 Å². The molecule has 0 aliphatic carbocycles. The fraction of sp³-hybridized carbons (Fsp3) is 0.462. The van der Waals surface area contributed by atoms with Crippen LogP contribution in [-0.2, 0) is 7.05 Å². The van der Waals surface area contributed by atoms with E-state index in [4.69, 9.17) is 5.11 Å². The van der Waals surface area contributed by atoms with E-state index in [1.807, 2.05) is 20.2 Å². The number of aliphatic hydroxyl groups is 1. The SMILES string of the molecule is CC(CCCO)NC(=O)c1cnc(-c2cnn(C)c2)s1. The Morgan fingerprint density at radius 1 is 1.55 bits per heavy atom. The Kier molecular flexibility index (Phi) is 4.86. The number of carbonyl (C=O) groups excluding carboxylic acids is 1. The number of hydrogen-bond acceptors (Lipinski definition) is 5. The molecule has 0 radical (unpaired) electrons. The maximum Gasteiger partial charge on any atom is 0.263 e. The van der Waals surface area contributed by atoms with Crippen molar-refractivity contribution >= 4 is 17.2 Å². The summed E-state index contributed by atoms with van der Waals surface area (Å²) in [5.41, 5.74) is 0.907. The molecule has 0 bridgehead atoms. The smallest absolute Gasteiger partial charge is 0.263 e. The molecule has 0 fully saturated rings. The number of nitrogens with one attached hydrogen (secondary N) is 1. The summed E-state index contributed by atoms with van der Waals surface area (Å²) in [4.78, 5) is 16.9. The highest BCUT2D eigenvalue weighted by molar-refractivity contribution is 7.16. The molecule has 0 aliphatic heterocycles. The van der Waals surface area contributed by atoms with Crippen molar-refractivity contribution in [2.24, 2.45) is 7.05 Å². The Hall–Kier alpha value is -1.73. The van der Waals surface area contributed by atoms with Crippen LogP contribution in [0.4, 0.5) is 0 Å². The lowest BCUT2D eigenvalue weighted by atomic mass is 10.2. The topological polar surface area (TPSA) is 80.0 Å². The van der Waals surface area contributed by atoms with Crippen LogP contribution in [0.3, 0.4) is 0 Å². The summed E-state index contributed by atoms with van der Waals surface area (Å²) in [5.74, 6) is -0.122. The first-order chi connectivity index (χ1) is 9.60.